The maximum atomic E-state index is 3.85. The van der Waals surface area contributed by atoms with Crippen LogP contribution in [0.5, 0.6) is 0 Å². The highest BCUT2D eigenvalue weighted by atomic mass is 14.9. The van der Waals surface area contributed by atoms with Gasteiger partial charge in [-0.3, -0.25) is 0 Å². The third-order valence-electron chi connectivity index (χ3n) is 4.31. The van der Waals surface area contributed by atoms with Gasteiger partial charge in [-0.15, -0.1) is 0 Å². The monoisotopic (exact) mass is 289 g/mol. The first-order valence-electron chi connectivity index (χ1n) is 9.12. The number of anilines is 1. The number of benzene rings is 1. The Morgan fingerprint density at radius 1 is 0.762 bits per heavy atom. The van der Waals surface area contributed by atoms with Gasteiger partial charge in [-0.1, -0.05) is 71.6 Å². The van der Waals surface area contributed by atoms with Crippen molar-refractivity contribution >= 4 is 5.69 Å². The molecule has 0 atom stereocenters. The summed E-state index contributed by atoms with van der Waals surface area (Å²) in [6.45, 7) is 9.17. The van der Waals surface area contributed by atoms with E-state index in [0.29, 0.717) is 12.0 Å². The number of rotatable bonds is 11. The normalized spacial score (nSPS) is 11.3. The second-order valence-corrected chi connectivity index (χ2v) is 6.28. The first-order chi connectivity index (χ1) is 10.3. The van der Waals surface area contributed by atoms with Crippen molar-refractivity contribution in [1.29, 1.82) is 0 Å². The highest BCUT2D eigenvalue weighted by molar-refractivity contribution is 5.53. The first kappa shape index (κ1) is 18.1. The molecule has 1 aromatic carbocycles. The van der Waals surface area contributed by atoms with Gasteiger partial charge in [-0.05, 0) is 43.2 Å². The third-order valence-corrected chi connectivity index (χ3v) is 4.31. The van der Waals surface area contributed by atoms with E-state index < -0.39 is 0 Å². The second kappa shape index (κ2) is 10.7. The number of nitrogens with one attached hydrogen (secondary N) is 1. The van der Waals surface area contributed by atoms with E-state index in [2.05, 4.69) is 57.3 Å². The van der Waals surface area contributed by atoms with E-state index in [-0.39, 0.29) is 0 Å². The molecule has 0 unspecified atom stereocenters. The lowest BCUT2D eigenvalue weighted by atomic mass is 9.89. The van der Waals surface area contributed by atoms with Gasteiger partial charge >= 0.3 is 0 Å². The zero-order valence-corrected chi connectivity index (χ0v) is 14.6. The van der Waals surface area contributed by atoms with Gasteiger partial charge in [0.05, 0.1) is 0 Å². The third kappa shape index (κ3) is 6.11. The molecule has 0 radical (unpaired) electrons. The van der Waals surface area contributed by atoms with Crippen molar-refractivity contribution in [1.82, 2.24) is 0 Å². The molecule has 0 aliphatic heterocycles. The molecule has 0 fully saturated rings. The number of hydrogen-bond donors (Lipinski definition) is 1. The van der Waals surface area contributed by atoms with E-state index in [4.69, 9.17) is 0 Å². The SMILES string of the molecule is CCCC(CCC)Nc1ccccc1C(CCC)CCC. The molecule has 1 aromatic rings. The Balaban J connectivity index is 2.90. The molecule has 0 heterocycles. The smallest absolute Gasteiger partial charge is 0.0377 e. The topological polar surface area (TPSA) is 12.0 Å². The molecule has 1 rings (SSSR count). The van der Waals surface area contributed by atoms with Crippen LogP contribution in [-0.4, -0.2) is 6.04 Å². The molecule has 21 heavy (non-hydrogen) atoms. The van der Waals surface area contributed by atoms with Crippen LogP contribution < -0.4 is 5.32 Å². The molecule has 1 N–H and O–H groups in total. The van der Waals surface area contributed by atoms with Crippen molar-refractivity contribution < 1.29 is 0 Å². The summed E-state index contributed by atoms with van der Waals surface area (Å²) in [6.07, 6.45) is 10.2. The number of para-hydroxylation sites is 1. The molecule has 120 valence electrons. The summed E-state index contributed by atoms with van der Waals surface area (Å²) in [4.78, 5) is 0. The van der Waals surface area contributed by atoms with Gasteiger partial charge < -0.3 is 5.32 Å². The largest absolute Gasteiger partial charge is 0.382 e. The van der Waals surface area contributed by atoms with Crippen molar-refractivity contribution in [3.63, 3.8) is 0 Å². The van der Waals surface area contributed by atoms with Crippen LogP contribution >= 0.6 is 0 Å². The van der Waals surface area contributed by atoms with E-state index >= 15 is 0 Å². The minimum Gasteiger partial charge on any atom is -0.382 e. The Hall–Kier alpha value is -0.980. The molecule has 0 aromatic heterocycles. The summed E-state index contributed by atoms with van der Waals surface area (Å²) >= 11 is 0. The molecule has 0 saturated heterocycles. The Morgan fingerprint density at radius 3 is 1.81 bits per heavy atom. The van der Waals surface area contributed by atoms with Crippen molar-refractivity contribution in [3.8, 4) is 0 Å². The Bertz CT molecular complexity index is 360. The molecule has 0 spiro atoms. The van der Waals surface area contributed by atoms with Crippen molar-refractivity contribution in [2.75, 3.05) is 5.32 Å². The summed E-state index contributed by atoms with van der Waals surface area (Å²) in [5.74, 6) is 0.715. The molecule has 0 aliphatic carbocycles. The van der Waals surface area contributed by atoms with Gasteiger partial charge in [0, 0.05) is 11.7 Å². The minimum atomic E-state index is 0.630. The summed E-state index contributed by atoms with van der Waals surface area (Å²) in [5.41, 5.74) is 2.93. The maximum Gasteiger partial charge on any atom is 0.0377 e. The van der Waals surface area contributed by atoms with Crippen LogP contribution in [0.25, 0.3) is 0 Å². The van der Waals surface area contributed by atoms with Crippen molar-refractivity contribution in [3.05, 3.63) is 29.8 Å². The molecular weight excluding hydrogens is 254 g/mol. The standard InChI is InChI=1S/C20H35N/c1-5-11-17(12-6-2)19-15-9-10-16-20(19)21-18(13-7-3)14-8-4/h9-10,15-18,21H,5-8,11-14H2,1-4H3. The van der Waals surface area contributed by atoms with E-state index in [0.717, 1.165) is 0 Å². The molecule has 1 nitrogen and oxygen atoms in total. The van der Waals surface area contributed by atoms with Crippen LogP contribution in [0.4, 0.5) is 5.69 Å². The van der Waals surface area contributed by atoms with Crippen molar-refractivity contribution in [2.24, 2.45) is 0 Å². The van der Waals surface area contributed by atoms with Gasteiger partial charge in [0.1, 0.15) is 0 Å². The average molecular weight is 290 g/mol. The summed E-state index contributed by atoms with van der Waals surface area (Å²) in [5, 5.41) is 3.85. The lowest BCUT2D eigenvalue weighted by molar-refractivity contribution is 0.556. The quantitative estimate of drug-likeness (QED) is 0.475. The molecule has 0 aliphatic rings. The van der Waals surface area contributed by atoms with Crippen LogP contribution in [0, 0.1) is 0 Å². The Morgan fingerprint density at radius 2 is 1.29 bits per heavy atom. The highest BCUT2D eigenvalue weighted by Gasteiger charge is 2.15. The van der Waals surface area contributed by atoms with Crippen LogP contribution in [0.3, 0.4) is 0 Å². The maximum absolute atomic E-state index is 3.85. The first-order valence-corrected chi connectivity index (χ1v) is 9.12. The average Bonchev–Trinajstić information content (AvgIpc) is 2.48. The van der Waals surface area contributed by atoms with Crippen LogP contribution in [-0.2, 0) is 0 Å². The zero-order chi connectivity index (χ0) is 15.5. The van der Waals surface area contributed by atoms with Crippen LogP contribution in [0.2, 0.25) is 0 Å². The molecule has 0 saturated carbocycles. The molecular formula is C20H35N. The fourth-order valence-electron chi connectivity index (χ4n) is 3.34. The van der Waals surface area contributed by atoms with E-state index in [1.165, 1.54) is 57.1 Å². The van der Waals surface area contributed by atoms with Gasteiger partial charge in [0.25, 0.3) is 0 Å². The second-order valence-electron chi connectivity index (χ2n) is 6.28. The Labute approximate surface area is 132 Å². The Kier molecular flexibility index (Phi) is 9.21. The van der Waals surface area contributed by atoms with E-state index in [9.17, 15) is 0 Å². The summed E-state index contributed by atoms with van der Waals surface area (Å²) in [7, 11) is 0. The zero-order valence-electron chi connectivity index (χ0n) is 14.6. The fraction of sp³-hybridized carbons (Fsp3) is 0.700. The molecule has 1 heteroatoms. The van der Waals surface area contributed by atoms with Crippen molar-refractivity contribution in [2.45, 2.75) is 91.0 Å². The predicted octanol–water partition coefficient (Wildman–Crippen LogP) is 6.75. The van der Waals surface area contributed by atoms with Gasteiger partial charge in [0.2, 0.25) is 0 Å². The van der Waals surface area contributed by atoms with E-state index in [1.807, 2.05) is 0 Å². The highest BCUT2D eigenvalue weighted by Crippen LogP contribution is 2.32. The van der Waals surface area contributed by atoms with Crippen LogP contribution in [0.1, 0.15) is 90.5 Å². The fourth-order valence-corrected chi connectivity index (χ4v) is 3.34. The molecule has 0 bridgehead atoms. The predicted molar refractivity (Wildman–Crippen MR) is 96.2 cm³/mol. The van der Waals surface area contributed by atoms with E-state index in [1.54, 1.807) is 5.56 Å². The van der Waals surface area contributed by atoms with Crippen LogP contribution in [0.15, 0.2) is 24.3 Å². The molecule has 0 amide bonds. The summed E-state index contributed by atoms with van der Waals surface area (Å²) in [6, 6.07) is 9.63. The lowest BCUT2D eigenvalue weighted by Gasteiger charge is -2.25. The van der Waals surface area contributed by atoms with Gasteiger partial charge in [-0.25, -0.2) is 0 Å². The van der Waals surface area contributed by atoms with Gasteiger partial charge in [-0.2, -0.15) is 0 Å². The summed E-state index contributed by atoms with van der Waals surface area (Å²) < 4.78 is 0. The minimum absolute atomic E-state index is 0.630. The lowest BCUT2D eigenvalue weighted by Crippen LogP contribution is -2.20. The van der Waals surface area contributed by atoms with Gasteiger partial charge in [0.15, 0.2) is 0 Å². The number of hydrogen-bond acceptors (Lipinski definition) is 1.